The van der Waals surface area contributed by atoms with E-state index in [4.69, 9.17) is 14.2 Å². The molecule has 4 rings (SSSR count). The Kier molecular flexibility index (Phi) is 5.90. The Morgan fingerprint density at radius 3 is 2.39 bits per heavy atom. The van der Waals surface area contributed by atoms with Gasteiger partial charge in [0.1, 0.15) is 22.8 Å². The van der Waals surface area contributed by atoms with E-state index in [1.165, 1.54) is 20.4 Å². The molecule has 1 aliphatic rings. The molecule has 1 aliphatic heterocycles. The zero-order chi connectivity index (χ0) is 23.5. The lowest BCUT2D eigenvalue weighted by Crippen LogP contribution is -2.25. The molecule has 33 heavy (non-hydrogen) atoms. The summed E-state index contributed by atoms with van der Waals surface area (Å²) in [5, 5.41) is 19.6. The topological polar surface area (TPSA) is 124 Å². The first-order chi connectivity index (χ1) is 15.9. The van der Waals surface area contributed by atoms with Crippen LogP contribution in [0.25, 0.3) is 0 Å². The first-order valence-electron chi connectivity index (χ1n) is 9.92. The van der Waals surface area contributed by atoms with Gasteiger partial charge < -0.3 is 30.0 Å². The summed E-state index contributed by atoms with van der Waals surface area (Å²) < 4.78 is 17.2. The number of aliphatic carboxylic acids is 1. The van der Waals surface area contributed by atoms with E-state index in [9.17, 15) is 14.7 Å². The van der Waals surface area contributed by atoms with Crippen LogP contribution in [-0.2, 0) is 4.79 Å². The number of allylic oxidation sites excluding steroid dienone is 1. The summed E-state index contributed by atoms with van der Waals surface area (Å²) in [6, 6.07) is 11.6. The number of carbonyl (C=O) groups excluding carboxylic acids is 1. The van der Waals surface area contributed by atoms with E-state index in [0.717, 1.165) is 5.56 Å². The molecule has 0 bridgehead atoms. The Balaban J connectivity index is 1.67. The number of amides is 1. The van der Waals surface area contributed by atoms with Gasteiger partial charge in [0.2, 0.25) is 0 Å². The van der Waals surface area contributed by atoms with Crippen molar-refractivity contribution in [3.8, 4) is 17.2 Å². The lowest BCUT2D eigenvalue weighted by atomic mass is 10.0. The number of carboxylic acids is 1. The number of rotatable bonds is 7. The monoisotopic (exact) mass is 450 g/mol. The predicted molar refractivity (Wildman–Crippen MR) is 120 cm³/mol. The van der Waals surface area contributed by atoms with E-state index in [0.29, 0.717) is 22.9 Å². The van der Waals surface area contributed by atoms with Gasteiger partial charge in [0.25, 0.3) is 5.91 Å². The maximum Gasteiger partial charge on any atom is 0.352 e. The highest BCUT2D eigenvalue weighted by molar-refractivity contribution is 6.08. The number of carbonyl (C=O) groups is 2. The van der Waals surface area contributed by atoms with E-state index in [-0.39, 0.29) is 17.1 Å². The van der Waals surface area contributed by atoms with Crippen molar-refractivity contribution < 1.29 is 28.9 Å². The second kappa shape index (κ2) is 8.95. The summed E-state index contributed by atoms with van der Waals surface area (Å²) in [6.07, 6.45) is 2.94. The Hall–Kier alpha value is -4.47. The number of nitrogens with one attached hydrogen (secondary N) is 2. The third-order valence-corrected chi connectivity index (χ3v) is 5.21. The molecule has 1 aromatic heterocycles. The standard InChI is InChI=1S/C23H22N4O6/c1-31-15-7-4-13(5-8-15)18-11-17(23(29)30)26-21-16(12-24-27(18)21)22(28)25-14-6-9-19(32-2)20(10-14)33-3/h4-12,18,26H,1-3H3,(H,25,28)(H,29,30). The van der Waals surface area contributed by atoms with Crippen molar-refractivity contribution in [3.05, 3.63) is 71.6 Å². The second-order valence-electron chi connectivity index (χ2n) is 7.10. The number of hydrogen-bond donors (Lipinski definition) is 3. The highest BCUT2D eigenvalue weighted by Crippen LogP contribution is 2.34. The highest BCUT2D eigenvalue weighted by atomic mass is 16.5. The highest BCUT2D eigenvalue weighted by Gasteiger charge is 2.29. The number of ether oxygens (including phenoxy) is 3. The number of fused-ring (bicyclic) bond motifs is 1. The molecule has 2 aromatic carbocycles. The van der Waals surface area contributed by atoms with Gasteiger partial charge in [-0.2, -0.15) is 5.10 Å². The summed E-state index contributed by atoms with van der Waals surface area (Å²) in [4.78, 5) is 24.8. The van der Waals surface area contributed by atoms with Gasteiger partial charge in [0.05, 0.1) is 33.6 Å². The van der Waals surface area contributed by atoms with E-state index >= 15 is 0 Å². The Labute approximate surface area is 189 Å². The molecule has 10 heteroatoms. The quantitative estimate of drug-likeness (QED) is 0.502. The van der Waals surface area contributed by atoms with Crippen molar-refractivity contribution in [3.63, 3.8) is 0 Å². The molecule has 0 saturated heterocycles. The zero-order valence-electron chi connectivity index (χ0n) is 18.2. The van der Waals surface area contributed by atoms with E-state index in [2.05, 4.69) is 15.7 Å². The van der Waals surface area contributed by atoms with Crippen molar-refractivity contribution in [2.75, 3.05) is 32.0 Å². The van der Waals surface area contributed by atoms with Crippen LogP contribution in [0, 0.1) is 0 Å². The molecule has 1 unspecified atom stereocenters. The number of nitrogens with zero attached hydrogens (tertiary/aromatic N) is 2. The summed E-state index contributed by atoms with van der Waals surface area (Å²) >= 11 is 0. The van der Waals surface area contributed by atoms with Crippen LogP contribution >= 0.6 is 0 Å². The minimum Gasteiger partial charge on any atom is -0.497 e. The maximum atomic E-state index is 13.0. The molecule has 0 saturated carbocycles. The van der Waals surface area contributed by atoms with Gasteiger partial charge in [-0.15, -0.1) is 0 Å². The Morgan fingerprint density at radius 2 is 1.76 bits per heavy atom. The van der Waals surface area contributed by atoms with Gasteiger partial charge in [0.15, 0.2) is 11.5 Å². The minimum absolute atomic E-state index is 0.0519. The number of benzene rings is 2. The molecule has 10 nitrogen and oxygen atoms in total. The third kappa shape index (κ3) is 4.18. The molecule has 0 radical (unpaired) electrons. The molecule has 3 aromatic rings. The third-order valence-electron chi connectivity index (χ3n) is 5.21. The molecule has 170 valence electrons. The number of hydrogen-bond acceptors (Lipinski definition) is 7. The van der Waals surface area contributed by atoms with Gasteiger partial charge in [-0.25, -0.2) is 9.48 Å². The van der Waals surface area contributed by atoms with Crippen LogP contribution in [0.3, 0.4) is 0 Å². The average Bonchev–Trinajstić information content (AvgIpc) is 3.27. The second-order valence-corrected chi connectivity index (χ2v) is 7.10. The number of anilines is 2. The lowest BCUT2D eigenvalue weighted by molar-refractivity contribution is -0.132. The van der Waals surface area contributed by atoms with Crippen LogP contribution in [-0.4, -0.2) is 48.1 Å². The smallest absolute Gasteiger partial charge is 0.352 e. The van der Waals surface area contributed by atoms with E-state index < -0.39 is 17.9 Å². The van der Waals surface area contributed by atoms with E-state index in [1.54, 1.807) is 48.2 Å². The minimum atomic E-state index is -1.15. The summed E-state index contributed by atoms with van der Waals surface area (Å²) in [7, 11) is 4.59. The SMILES string of the molecule is COc1ccc(C2C=C(C(=O)O)Nc3c(C(=O)Nc4ccc(OC)c(OC)c4)cnn32)cc1. The predicted octanol–water partition coefficient (Wildman–Crippen LogP) is 3.14. The number of aromatic nitrogens is 2. The fraction of sp³-hybridized carbons (Fsp3) is 0.174. The molecule has 3 N–H and O–H groups in total. The molecular weight excluding hydrogens is 428 g/mol. The number of carboxylic acid groups (broad SMARTS) is 1. The van der Waals surface area contributed by atoms with Gasteiger partial charge in [-0.05, 0) is 35.9 Å². The van der Waals surface area contributed by atoms with Gasteiger partial charge >= 0.3 is 5.97 Å². The van der Waals surface area contributed by atoms with E-state index in [1.807, 2.05) is 12.1 Å². The molecule has 0 spiro atoms. The van der Waals surface area contributed by atoms with Crippen LogP contribution in [0.2, 0.25) is 0 Å². The van der Waals surface area contributed by atoms with Crippen LogP contribution in [0.5, 0.6) is 17.2 Å². The summed E-state index contributed by atoms with van der Waals surface area (Å²) in [5.74, 6) is 0.322. The summed E-state index contributed by atoms with van der Waals surface area (Å²) in [6.45, 7) is 0. The molecule has 0 aliphatic carbocycles. The molecule has 0 fully saturated rings. The molecular formula is C23H22N4O6. The van der Waals surface area contributed by atoms with Crippen molar-refractivity contribution >= 4 is 23.4 Å². The van der Waals surface area contributed by atoms with Gasteiger partial charge in [0, 0.05) is 11.8 Å². The van der Waals surface area contributed by atoms with Crippen LogP contribution < -0.4 is 24.8 Å². The summed E-state index contributed by atoms with van der Waals surface area (Å²) in [5.41, 5.74) is 1.40. The Bertz CT molecular complexity index is 1230. The van der Waals surface area contributed by atoms with Crippen molar-refractivity contribution in [2.24, 2.45) is 0 Å². The average molecular weight is 450 g/mol. The zero-order valence-corrected chi connectivity index (χ0v) is 18.2. The van der Waals surface area contributed by atoms with Crippen molar-refractivity contribution in [2.45, 2.75) is 6.04 Å². The fourth-order valence-electron chi connectivity index (χ4n) is 3.54. The lowest BCUT2D eigenvalue weighted by Gasteiger charge is -2.24. The first-order valence-corrected chi connectivity index (χ1v) is 9.92. The maximum absolute atomic E-state index is 13.0. The Morgan fingerprint density at radius 1 is 1.03 bits per heavy atom. The van der Waals surface area contributed by atoms with Crippen LogP contribution in [0.1, 0.15) is 22.0 Å². The van der Waals surface area contributed by atoms with Gasteiger partial charge in [-0.3, -0.25) is 4.79 Å². The first kappa shape index (κ1) is 21.8. The van der Waals surface area contributed by atoms with Crippen LogP contribution in [0.4, 0.5) is 11.5 Å². The van der Waals surface area contributed by atoms with Crippen LogP contribution in [0.15, 0.2) is 60.4 Å². The molecule has 1 amide bonds. The van der Waals surface area contributed by atoms with Crippen molar-refractivity contribution in [1.29, 1.82) is 0 Å². The molecule has 1 atom stereocenters. The number of methoxy groups -OCH3 is 3. The largest absolute Gasteiger partial charge is 0.497 e. The fourth-order valence-corrected chi connectivity index (χ4v) is 3.54. The van der Waals surface area contributed by atoms with Gasteiger partial charge in [-0.1, -0.05) is 12.1 Å². The normalized spacial score (nSPS) is 14.4. The van der Waals surface area contributed by atoms with Crippen molar-refractivity contribution in [1.82, 2.24) is 9.78 Å². The molecule has 2 heterocycles.